The van der Waals surface area contributed by atoms with Crippen LogP contribution in [0.2, 0.25) is 0 Å². The highest BCUT2D eigenvalue weighted by Crippen LogP contribution is 2.38. The zero-order valence-corrected chi connectivity index (χ0v) is 16.8. The smallest absolute Gasteiger partial charge is 0.341 e. The minimum absolute atomic E-state index is 0.0176. The normalized spacial score (nSPS) is 19.3. The number of amides is 1. The van der Waals surface area contributed by atoms with E-state index in [-0.39, 0.29) is 17.9 Å². The first-order valence-corrected chi connectivity index (χ1v) is 10.8. The maximum atomic E-state index is 12.9. The molecule has 26 heavy (non-hydrogen) atoms. The van der Waals surface area contributed by atoms with Gasteiger partial charge in [0.25, 0.3) is 0 Å². The number of ether oxygens (including phenoxy) is 1. The third-order valence-electron chi connectivity index (χ3n) is 5.46. The van der Waals surface area contributed by atoms with Crippen LogP contribution in [0.4, 0.5) is 5.00 Å². The van der Waals surface area contributed by atoms with Gasteiger partial charge in [0, 0.05) is 4.88 Å². The molecule has 1 saturated heterocycles. The lowest BCUT2D eigenvalue weighted by Gasteiger charge is -2.26. The molecule has 2 aliphatic rings. The molecule has 0 saturated carbocycles. The van der Waals surface area contributed by atoms with Crippen LogP contribution in [0.5, 0.6) is 0 Å². The Morgan fingerprint density at radius 3 is 2.50 bits per heavy atom. The quantitative estimate of drug-likeness (QED) is 0.787. The van der Waals surface area contributed by atoms with Crippen molar-refractivity contribution in [3.05, 3.63) is 16.0 Å². The van der Waals surface area contributed by atoms with Gasteiger partial charge in [0.05, 0.1) is 18.2 Å². The third-order valence-corrected chi connectivity index (χ3v) is 6.66. The lowest BCUT2D eigenvalue weighted by molar-refractivity contribution is -0.120. The number of thiophene rings is 1. The van der Waals surface area contributed by atoms with Crippen molar-refractivity contribution in [2.75, 3.05) is 25.0 Å². The van der Waals surface area contributed by atoms with Crippen LogP contribution < -0.4 is 5.32 Å². The Kier molecular flexibility index (Phi) is 6.70. The zero-order valence-electron chi connectivity index (χ0n) is 15.9. The summed E-state index contributed by atoms with van der Waals surface area (Å²) in [6.45, 7) is 6.08. The second kappa shape index (κ2) is 9.00. The molecule has 144 valence electrons. The third kappa shape index (κ3) is 4.29. The largest absolute Gasteiger partial charge is 0.462 e. The highest BCUT2D eigenvalue weighted by molar-refractivity contribution is 7.17. The molecule has 1 aliphatic carbocycles. The fraction of sp³-hybridized carbons (Fsp3) is 0.700. The molecule has 6 heteroatoms. The van der Waals surface area contributed by atoms with Gasteiger partial charge in [0.15, 0.2) is 0 Å². The molecule has 1 aliphatic heterocycles. The summed E-state index contributed by atoms with van der Waals surface area (Å²) in [6.07, 6.45) is 8.92. The van der Waals surface area contributed by atoms with Crippen LogP contribution in [0.25, 0.3) is 0 Å². The first-order valence-electron chi connectivity index (χ1n) is 9.98. The van der Waals surface area contributed by atoms with Crippen LogP contribution in [0.1, 0.15) is 73.2 Å². The van der Waals surface area contributed by atoms with Crippen molar-refractivity contribution in [3.63, 3.8) is 0 Å². The van der Waals surface area contributed by atoms with Gasteiger partial charge in [-0.3, -0.25) is 9.69 Å². The number of hydrogen-bond acceptors (Lipinski definition) is 5. The van der Waals surface area contributed by atoms with Crippen LogP contribution in [0.15, 0.2) is 0 Å². The van der Waals surface area contributed by atoms with Crippen LogP contribution in [-0.2, 0) is 22.4 Å². The molecule has 1 N–H and O–H groups in total. The Balaban J connectivity index is 1.78. The number of nitrogens with zero attached hydrogens (tertiary/aromatic N) is 1. The molecule has 0 bridgehead atoms. The number of anilines is 1. The number of carbonyl (C=O) groups excluding carboxylic acids is 2. The van der Waals surface area contributed by atoms with E-state index in [1.807, 2.05) is 13.8 Å². The fourth-order valence-corrected chi connectivity index (χ4v) is 5.22. The summed E-state index contributed by atoms with van der Waals surface area (Å²) >= 11 is 1.56. The van der Waals surface area contributed by atoms with Gasteiger partial charge >= 0.3 is 5.97 Å². The molecule has 0 unspecified atom stereocenters. The molecule has 0 aromatic carbocycles. The molecule has 0 radical (unpaired) electrons. The maximum absolute atomic E-state index is 12.9. The van der Waals surface area contributed by atoms with E-state index in [1.165, 1.54) is 17.7 Å². The molecule has 2 heterocycles. The standard InChI is InChI=1S/C20H30N2O3S/c1-3-25-20(24)17-15-10-6-7-11-16(15)26-19(17)21-18(23)14(2)22-12-8-4-5-9-13-22/h14H,3-13H2,1-2H3,(H,21,23)/t14-/m1/s1. The highest BCUT2D eigenvalue weighted by atomic mass is 32.1. The zero-order chi connectivity index (χ0) is 18.5. The van der Waals surface area contributed by atoms with E-state index in [2.05, 4.69) is 10.2 Å². The summed E-state index contributed by atoms with van der Waals surface area (Å²) in [6, 6.07) is -0.178. The Morgan fingerprint density at radius 1 is 1.12 bits per heavy atom. The van der Waals surface area contributed by atoms with Gasteiger partial charge in [-0.15, -0.1) is 11.3 Å². The molecule has 3 rings (SSSR count). The van der Waals surface area contributed by atoms with Gasteiger partial charge in [0.1, 0.15) is 5.00 Å². The van der Waals surface area contributed by atoms with Crippen LogP contribution in [-0.4, -0.2) is 42.5 Å². The van der Waals surface area contributed by atoms with Crippen LogP contribution in [0, 0.1) is 0 Å². The van der Waals surface area contributed by atoms with E-state index in [0.717, 1.165) is 57.2 Å². The summed E-state index contributed by atoms with van der Waals surface area (Å²) in [5.41, 5.74) is 1.69. The van der Waals surface area contributed by atoms with Gasteiger partial charge in [-0.1, -0.05) is 12.8 Å². The summed E-state index contributed by atoms with van der Waals surface area (Å²) in [5, 5.41) is 3.74. The van der Waals surface area contributed by atoms with Gasteiger partial charge < -0.3 is 10.1 Å². The summed E-state index contributed by atoms with van der Waals surface area (Å²) in [5.74, 6) is -0.319. The summed E-state index contributed by atoms with van der Waals surface area (Å²) in [7, 11) is 0. The predicted octanol–water partition coefficient (Wildman–Crippen LogP) is 4.01. The average Bonchev–Trinajstić information content (AvgIpc) is 2.80. The SMILES string of the molecule is CCOC(=O)c1c(NC(=O)[C@@H](C)N2CCCCCC2)sc2c1CCCC2. The number of carbonyl (C=O) groups is 2. The molecule has 5 nitrogen and oxygen atoms in total. The number of nitrogens with one attached hydrogen (secondary N) is 1. The predicted molar refractivity (Wildman–Crippen MR) is 105 cm³/mol. The van der Waals surface area contributed by atoms with Crippen molar-refractivity contribution >= 4 is 28.2 Å². The molecule has 1 amide bonds. The Hall–Kier alpha value is -1.40. The molecule has 0 spiro atoms. The maximum Gasteiger partial charge on any atom is 0.341 e. The Morgan fingerprint density at radius 2 is 1.81 bits per heavy atom. The van der Waals surface area contributed by atoms with Crippen LogP contribution >= 0.6 is 11.3 Å². The van der Waals surface area contributed by atoms with E-state index in [4.69, 9.17) is 4.74 Å². The molecule has 1 atom stereocenters. The van der Waals surface area contributed by atoms with Crippen molar-refractivity contribution in [1.29, 1.82) is 0 Å². The van der Waals surface area contributed by atoms with E-state index in [1.54, 1.807) is 11.3 Å². The first kappa shape index (κ1) is 19.4. The van der Waals surface area contributed by atoms with Crippen molar-refractivity contribution in [2.24, 2.45) is 0 Å². The molecule has 1 aromatic rings. The van der Waals surface area contributed by atoms with Gasteiger partial charge in [-0.2, -0.15) is 0 Å². The van der Waals surface area contributed by atoms with Gasteiger partial charge in [-0.25, -0.2) is 4.79 Å². The molecular weight excluding hydrogens is 348 g/mol. The van der Waals surface area contributed by atoms with Crippen molar-refractivity contribution in [3.8, 4) is 0 Å². The van der Waals surface area contributed by atoms with E-state index >= 15 is 0 Å². The monoisotopic (exact) mass is 378 g/mol. The number of esters is 1. The molecule has 1 aromatic heterocycles. The van der Waals surface area contributed by atoms with Gasteiger partial charge in [0.2, 0.25) is 5.91 Å². The minimum Gasteiger partial charge on any atom is -0.462 e. The lowest BCUT2D eigenvalue weighted by Crippen LogP contribution is -2.42. The fourth-order valence-electron chi connectivity index (χ4n) is 3.94. The van der Waals surface area contributed by atoms with Crippen molar-refractivity contribution in [1.82, 2.24) is 4.90 Å². The van der Waals surface area contributed by atoms with Gasteiger partial charge in [-0.05, 0) is 71.0 Å². The number of fused-ring (bicyclic) bond motifs is 1. The molecular formula is C20H30N2O3S. The topological polar surface area (TPSA) is 58.6 Å². The lowest BCUT2D eigenvalue weighted by atomic mass is 9.95. The number of hydrogen-bond donors (Lipinski definition) is 1. The average molecular weight is 379 g/mol. The highest BCUT2D eigenvalue weighted by Gasteiger charge is 2.29. The van der Waals surface area contributed by atoms with E-state index in [0.29, 0.717) is 17.2 Å². The second-order valence-corrected chi connectivity index (χ2v) is 8.36. The first-order chi connectivity index (χ1) is 12.6. The molecule has 1 fully saturated rings. The Bertz CT molecular complexity index is 648. The number of rotatable bonds is 5. The van der Waals surface area contributed by atoms with E-state index < -0.39 is 0 Å². The van der Waals surface area contributed by atoms with E-state index in [9.17, 15) is 9.59 Å². The number of likely N-dealkylation sites (tertiary alicyclic amines) is 1. The van der Waals surface area contributed by atoms with Crippen molar-refractivity contribution < 1.29 is 14.3 Å². The van der Waals surface area contributed by atoms with Crippen molar-refractivity contribution in [2.45, 2.75) is 71.3 Å². The number of aryl methyl sites for hydroxylation is 1. The Labute approximate surface area is 160 Å². The van der Waals surface area contributed by atoms with Crippen LogP contribution in [0.3, 0.4) is 0 Å². The minimum atomic E-state index is -0.301. The summed E-state index contributed by atoms with van der Waals surface area (Å²) < 4.78 is 5.27. The summed E-state index contributed by atoms with van der Waals surface area (Å²) in [4.78, 5) is 28.9. The second-order valence-electron chi connectivity index (χ2n) is 7.25.